The number of rotatable bonds is 4. The molecule has 0 aromatic heterocycles. The molecule has 7 heteroatoms. The fourth-order valence-corrected chi connectivity index (χ4v) is 4.48. The molecule has 4 N–H and O–H groups in total. The molecule has 1 amide bonds. The van der Waals surface area contributed by atoms with Gasteiger partial charge in [-0.1, -0.05) is 17.7 Å². The Morgan fingerprint density at radius 1 is 1.19 bits per heavy atom. The minimum Gasteiger partial charge on any atom is -0.397 e. The molecule has 1 aromatic carbocycles. The van der Waals surface area contributed by atoms with Crippen molar-refractivity contribution in [1.82, 2.24) is 14.7 Å². The zero-order valence-corrected chi connectivity index (χ0v) is 17.2. The van der Waals surface area contributed by atoms with Gasteiger partial charge in [-0.3, -0.25) is 9.69 Å². The van der Waals surface area contributed by atoms with E-state index in [4.69, 9.17) is 23.1 Å². The van der Waals surface area contributed by atoms with Crippen LogP contribution in [0.3, 0.4) is 0 Å². The van der Waals surface area contributed by atoms with Crippen LogP contribution in [0.15, 0.2) is 12.1 Å². The SMILES string of the molecule is Cc1cc(C[C@@H](N)C(=O)N2CCN(C3CCN(C)CC3)CC2)cc(Cl)c1N. The Morgan fingerprint density at radius 3 is 2.41 bits per heavy atom. The molecule has 3 rings (SSSR count). The molecule has 0 aliphatic carbocycles. The van der Waals surface area contributed by atoms with E-state index in [1.165, 1.54) is 12.8 Å². The minimum absolute atomic E-state index is 0.0311. The Labute approximate surface area is 167 Å². The number of halogens is 1. The molecule has 2 aliphatic rings. The summed E-state index contributed by atoms with van der Waals surface area (Å²) in [5, 5.41) is 0.524. The maximum Gasteiger partial charge on any atom is 0.239 e. The normalized spacial score (nSPS) is 21.4. The summed E-state index contributed by atoms with van der Waals surface area (Å²) in [6, 6.07) is 3.90. The number of likely N-dealkylation sites (tertiary alicyclic amines) is 1. The number of nitrogens with zero attached hydrogens (tertiary/aromatic N) is 3. The molecule has 2 fully saturated rings. The minimum atomic E-state index is -0.543. The van der Waals surface area contributed by atoms with E-state index in [0.29, 0.717) is 23.2 Å². The van der Waals surface area contributed by atoms with E-state index >= 15 is 0 Å². The summed E-state index contributed by atoms with van der Waals surface area (Å²) in [5.41, 5.74) is 14.6. The average Bonchev–Trinajstić information content (AvgIpc) is 2.66. The van der Waals surface area contributed by atoms with Gasteiger partial charge in [0.15, 0.2) is 0 Å². The highest BCUT2D eigenvalue weighted by Crippen LogP contribution is 2.25. The standard InChI is InChI=1S/C20H32ClN5O/c1-14-11-15(12-17(21)19(14)23)13-18(22)20(27)26-9-7-25(8-10-26)16-3-5-24(2)6-4-16/h11-12,16,18H,3-10,13,22-23H2,1-2H3/t18-/m1/s1. The van der Waals surface area contributed by atoms with Crippen LogP contribution in [0.2, 0.25) is 5.02 Å². The van der Waals surface area contributed by atoms with Gasteiger partial charge in [0.25, 0.3) is 0 Å². The second-order valence-corrected chi connectivity index (χ2v) is 8.42. The summed E-state index contributed by atoms with van der Waals surface area (Å²) in [4.78, 5) is 19.6. The molecule has 1 atom stereocenters. The van der Waals surface area contributed by atoms with Crippen molar-refractivity contribution in [3.05, 3.63) is 28.3 Å². The molecule has 2 aliphatic heterocycles. The summed E-state index contributed by atoms with van der Waals surface area (Å²) in [5.74, 6) is 0.0311. The van der Waals surface area contributed by atoms with Crippen LogP contribution in [-0.4, -0.2) is 79.0 Å². The number of carbonyl (C=O) groups is 1. The monoisotopic (exact) mass is 393 g/mol. The molecule has 2 saturated heterocycles. The Balaban J connectivity index is 1.51. The van der Waals surface area contributed by atoms with E-state index in [2.05, 4.69) is 16.8 Å². The summed E-state index contributed by atoms with van der Waals surface area (Å²) >= 11 is 6.16. The van der Waals surface area contributed by atoms with E-state index in [9.17, 15) is 4.79 Å². The van der Waals surface area contributed by atoms with Crippen LogP contribution >= 0.6 is 11.6 Å². The second-order valence-electron chi connectivity index (χ2n) is 8.01. The zero-order valence-electron chi connectivity index (χ0n) is 16.5. The molecule has 0 unspecified atom stereocenters. The Kier molecular flexibility index (Phi) is 6.63. The van der Waals surface area contributed by atoms with Gasteiger partial charge in [0.05, 0.1) is 16.8 Å². The lowest BCUT2D eigenvalue weighted by Gasteiger charge is -2.42. The van der Waals surface area contributed by atoms with Gasteiger partial charge in [-0.15, -0.1) is 0 Å². The number of hydrogen-bond donors (Lipinski definition) is 2. The summed E-state index contributed by atoms with van der Waals surface area (Å²) < 4.78 is 0. The van der Waals surface area contributed by atoms with Crippen LogP contribution in [0.1, 0.15) is 24.0 Å². The number of piperazine rings is 1. The highest BCUT2D eigenvalue weighted by molar-refractivity contribution is 6.33. The smallest absolute Gasteiger partial charge is 0.239 e. The Hall–Kier alpha value is -1.34. The quantitative estimate of drug-likeness (QED) is 0.754. The summed E-state index contributed by atoms with van der Waals surface area (Å²) in [7, 11) is 2.18. The van der Waals surface area contributed by atoms with E-state index in [0.717, 1.165) is 50.4 Å². The van der Waals surface area contributed by atoms with Crippen LogP contribution < -0.4 is 11.5 Å². The largest absolute Gasteiger partial charge is 0.397 e. The molecule has 0 radical (unpaired) electrons. The van der Waals surface area contributed by atoms with Gasteiger partial charge in [-0.25, -0.2) is 0 Å². The van der Waals surface area contributed by atoms with Gasteiger partial charge in [-0.2, -0.15) is 0 Å². The van der Waals surface area contributed by atoms with E-state index in [1.54, 1.807) is 0 Å². The van der Waals surface area contributed by atoms with Crippen molar-refractivity contribution >= 4 is 23.2 Å². The third-order valence-electron chi connectivity index (χ3n) is 6.00. The number of piperidine rings is 1. The first-order valence-electron chi connectivity index (χ1n) is 9.86. The van der Waals surface area contributed by atoms with Gasteiger partial charge in [-0.05, 0) is 63.5 Å². The summed E-state index contributed by atoms with van der Waals surface area (Å²) in [6.07, 6.45) is 2.93. The van der Waals surface area contributed by atoms with Gasteiger partial charge in [0.2, 0.25) is 5.91 Å². The molecular formula is C20H32ClN5O. The first-order valence-corrected chi connectivity index (χ1v) is 10.2. The molecule has 6 nitrogen and oxygen atoms in total. The molecule has 0 saturated carbocycles. The van der Waals surface area contributed by atoms with Crippen molar-refractivity contribution in [2.75, 3.05) is 52.0 Å². The van der Waals surface area contributed by atoms with Crippen LogP contribution in [-0.2, 0) is 11.2 Å². The van der Waals surface area contributed by atoms with Crippen LogP contribution in [0.25, 0.3) is 0 Å². The van der Waals surface area contributed by atoms with E-state index in [1.807, 2.05) is 24.0 Å². The predicted molar refractivity (Wildman–Crippen MR) is 111 cm³/mol. The Bertz CT molecular complexity index is 643. The van der Waals surface area contributed by atoms with Crippen molar-refractivity contribution in [2.24, 2.45) is 5.73 Å². The van der Waals surface area contributed by atoms with Gasteiger partial charge in [0.1, 0.15) is 0 Å². The fourth-order valence-electron chi connectivity index (χ4n) is 4.19. The maximum atomic E-state index is 12.8. The number of hydrogen-bond acceptors (Lipinski definition) is 5. The number of anilines is 1. The fraction of sp³-hybridized carbons (Fsp3) is 0.650. The number of amides is 1. The van der Waals surface area contributed by atoms with Crippen LogP contribution in [0, 0.1) is 6.92 Å². The lowest BCUT2D eigenvalue weighted by molar-refractivity contribution is -0.134. The van der Waals surface area contributed by atoms with E-state index in [-0.39, 0.29) is 5.91 Å². The van der Waals surface area contributed by atoms with Gasteiger partial charge < -0.3 is 21.3 Å². The molecule has 0 bridgehead atoms. The lowest BCUT2D eigenvalue weighted by atomic mass is 10.0. The van der Waals surface area contributed by atoms with Crippen molar-refractivity contribution in [2.45, 2.75) is 38.3 Å². The van der Waals surface area contributed by atoms with Crippen molar-refractivity contribution < 1.29 is 4.79 Å². The molecule has 150 valence electrons. The van der Waals surface area contributed by atoms with Crippen LogP contribution in [0.4, 0.5) is 5.69 Å². The average molecular weight is 394 g/mol. The van der Waals surface area contributed by atoms with Crippen molar-refractivity contribution in [3.8, 4) is 0 Å². The van der Waals surface area contributed by atoms with Crippen molar-refractivity contribution in [1.29, 1.82) is 0 Å². The molecular weight excluding hydrogens is 362 g/mol. The number of nitrogen functional groups attached to an aromatic ring is 1. The number of benzene rings is 1. The number of aryl methyl sites for hydroxylation is 1. The number of carbonyl (C=O) groups excluding carboxylic acids is 1. The van der Waals surface area contributed by atoms with Crippen LogP contribution in [0.5, 0.6) is 0 Å². The Morgan fingerprint density at radius 2 is 1.81 bits per heavy atom. The molecule has 2 heterocycles. The topological polar surface area (TPSA) is 78.8 Å². The molecule has 0 spiro atoms. The lowest BCUT2D eigenvalue weighted by Crippen LogP contribution is -2.56. The zero-order chi connectivity index (χ0) is 19.6. The predicted octanol–water partition coefficient (Wildman–Crippen LogP) is 1.34. The highest BCUT2D eigenvalue weighted by atomic mass is 35.5. The molecule has 1 aromatic rings. The third kappa shape index (κ3) is 4.93. The highest BCUT2D eigenvalue weighted by Gasteiger charge is 2.29. The maximum absolute atomic E-state index is 12.8. The first-order chi connectivity index (χ1) is 12.8. The van der Waals surface area contributed by atoms with Gasteiger partial charge in [0, 0.05) is 32.2 Å². The van der Waals surface area contributed by atoms with E-state index < -0.39 is 6.04 Å². The molecule has 27 heavy (non-hydrogen) atoms. The second kappa shape index (κ2) is 8.78. The van der Waals surface area contributed by atoms with Crippen molar-refractivity contribution in [3.63, 3.8) is 0 Å². The third-order valence-corrected chi connectivity index (χ3v) is 6.31. The summed E-state index contributed by atoms with van der Waals surface area (Å²) in [6.45, 7) is 7.66. The number of nitrogens with two attached hydrogens (primary N) is 2. The van der Waals surface area contributed by atoms with Gasteiger partial charge >= 0.3 is 0 Å². The first kappa shape index (κ1) is 20.4.